The molecule has 1 rings (SSSR count). The Morgan fingerprint density at radius 3 is 2.65 bits per heavy atom. The van der Waals surface area contributed by atoms with Crippen molar-refractivity contribution in [3.63, 3.8) is 0 Å². The van der Waals surface area contributed by atoms with E-state index in [1.54, 1.807) is 30.3 Å². The van der Waals surface area contributed by atoms with Crippen molar-refractivity contribution in [3.8, 4) is 5.75 Å². The minimum absolute atomic E-state index is 0.0221. The summed E-state index contributed by atoms with van der Waals surface area (Å²) in [6, 6.07) is 8.52. The molecule has 1 aromatic carbocycles. The van der Waals surface area contributed by atoms with E-state index < -0.39 is 19.1 Å². The first-order valence-corrected chi connectivity index (χ1v) is 5.05. The van der Waals surface area contributed by atoms with Crippen molar-refractivity contribution in [3.05, 3.63) is 30.3 Å². The number of nitrogens with one attached hydrogen (secondary N) is 1. The van der Waals surface area contributed by atoms with Gasteiger partial charge in [0, 0.05) is 6.54 Å². The van der Waals surface area contributed by atoms with Crippen molar-refractivity contribution >= 4 is 6.09 Å². The van der Waals surface area contributed by atoms with Crippen LogP contribution >= 0.6 is 0 Å². The maximum atomic E-state index is 11.7. The highest BCUT2D eigenvalue weighted by atomic mass is 19.3. The largest absolute Gasteiger partial charge is 0.412 e. The van der Waals surface area contributed by atoms with Crippen LogP contribution in [0.25, 0.3) is 0 Å². The monoisotopic (exact) mass is 245 g/mol. The Bertz CT molecular complexity index is 333. The minimum atomic E-state index is -2.49. The van der Waals surface area contributed by atoms with E-state index in [0.29, 0.717) is 5.75 Å². The van der Waals surface area contributed by atoms with Crippen molar-refractivity contribution in [2.75, 3.05) is 19.8 Å². The molecule has 1 aromatic rings. The van der Waals surface area contributed by atoms with Crippen molar-refractivity contribution in [2.24, 2.45) is 0 Å². The number of hydrogen-bond donors (Lipinski definition) is 1. The third-order valence-electron chi connectivity index (χ3n) is 1.71. The summed E-state index contributed by atoms with van der Waals surface area (Å²) in [7, 11) is 0. The fourth-order valence-electron chi connectivity index (χ4n) is 1.03. The van der Waals surface area contributed by atoms with Crippen molar-refractivity contribution < 1.29 is 23.0 Å². The van der Waals surface area contributed by atoms with Gasteiger partial charge in [0.05, 0.1) is 6.61 Å². The SMILES string of the molecule is O=C(NCCOCC(F)F)Oc1ccccc1. The average Bonchev–Trinajstić information content (AvgIpc) is 2.29. The molecule has 6 heteroatoms. The molecule has 0 fully saturated rings. The van der Waals surface area contributed by atoms with Crippen molar-refractivity contribution in [1.29, 1.82) is 0 Å². The number of hydrogen-bond acceptors (Lipinski definition) is 3. The summed E-state index contributed by atoms with van der Waals surface area (Å²) in [6.07, 6.45) is -3.14. The van der Waals surface area contributed by atoms with Crippen LogP contribution in [0, 0.1) is 0 Å². The van der Waals surface area contributed by atoms with E-state index >= 15 is 0 Å². The number of amides is 1. The van der Waals surface area contributed by atoms with Gasteiger partial charge in [-0.2, -0.15) is 0 Å². The molecule has 0 heterocycles. The molecule has 0 saturated heterocycles. The third-order valence-corrected chi connectivity index (χ3v) is 1.71. The van der Waals surface area contributed by atoms with Crippen LogP contribution in [0.1, 0.15) is 0 Å². The van der Waals surface area contributed by atoms with Gasteiger partial charge < -0.3 is 14.8 Å². The highest BCUT2D eigenvalue weighted by Crippen LogP contribution is 2.07. The molecule has 0 radical (unpaired) electrons. The van der Waals surface area contributed by atoms with Gasteiger partial charge in [-0.05, 0) is 12.1 Å². The maximum Gasteiger partial charge on any atom is 0.412 e. The Hall–Kier alpha value is -1.69. The molecule has 0 atom stereocenters. The molecule has 94 valence electrons. The van der Waals surface area contributed by atoms with E-state index in [1.807, 2.05) is 0 Å². The zero-order chi connectivity index (χ0) is 12.5. The molecular formula is C11H13F2NO3. The summed E-state index contributed by atoms with van der Waals surface area (Å²) in [5.74, 6) is 0.415. The Kier molecular flexibility index (Phi) is 5.95. The molecule has 0 saturated carbocycles. The highest BCUT2D eigenvalue weighted by Gasteiger charge is 2.04. The van der Waals surface area contributed by atoms with Crippen LogP contribution in [0.5, 0.6) is 5.75 Å². The summed E-state index contributed by atoms with van der Waals surface area (Å²) in [4.78, 5) is 11.2. The standard InChI is InChI=1S/C11H13F2NO3/c12-10(13)8-16-7-6-14-11(15)17-9-4-2-1-3-5-9/h1-5,10H,6-8H2,(H,14,15). The van der Waals surface area contributed by atoms with Crippen LogP contribution in [0.15, 0.2) is 30.3 Å². The van der Waals surface area contributed by atoms with Crippen LogP contribution < -0.4 is 10.1 Å². The van der Waals surface area contributed by atoms with E-state index in [2.05, 4.69) is 10.1 Å². The first kappa shape index (κ1) is 13.4. The van der Waals surface area contributed by atoms with Gasteiger partial charge in [0.1, 0.15) is 12.4 Å². The summed E-state index contributed by atoms with van der Waals surface area (Å²) in [5.41, 5.74) is 0. The average molecular weight is 245 g/mol. The Labute approximate surface area is 97.5 Å². The smallest absolute Gasteiger partial charge is 0.410 e. The second-order valence-electron chi connectivity index (χ2n) is 3.10. The van der Waals surface area contributed by atoms with Crippen LogP contribution in [0.2, 0.25) is 0 Å². The molecule has 0 unspecified atom stereocenters. The molecule has 17 heavy (non-hydrogen) atoms. The van der Waals surface area contributed by atoms with E-state index in [1.165, 1.54) is 0 Å². The zero-order valence-electron chi connectivity index (χ0n) is 9.07. The van der Waals surface area contributed by atoms with Gasteiger partial charge in [-0.25, -0.2) is 13.6 Å². The Morgan fingerprint density at radius 1 is 1.29 bits per heavy atom. The normalized spacial score (nSPS) is 10.3. The molecule has 0 aromatic heterocycles. The lowest BCUT2D eigenvalue weighted by molar-refractivity contribution is 0.0190. The van der Waals surface area contributed by atoms with Gasteiger partial charge in [-0.1, -0.05) is 18.2 Å². The topological polar surface area (TPSA) is 47.6 Å². The van der Waals surface area contributed by atoms with Gasteiger partial charge in [-0.15, -0.1) is 0 Å². The number of carbonyl (C=O) groups is 1. The fraction of sp³-hybridized carbons (Fsp3) is 0.364. The van der Waals surface area contributed by atoms with Gasteiger partial charge >= 0.3 is 6.09 Å². The predicted molar refractivity (Wildman–Crippen MR) is 57.3 cm³/mol. The molecule has 0 aliphatic carbocycles. The summed E-state index contributed by atoms with van der Waals surface area (Å²) in [6.45, 7) is -0.484. The zero-order valence-corrected chi connectivity index (χ0v) is 9.07. The van der Waals surface area contributed by atoms with Crippen molar-refractivity contribution in [2.45, 2.75) is 6.43 Å². The van der Waals surface area contributed by atoms with Crippen LogP contribution in [0.3, 0.4) is 0 Å². The number of rotatable bonds is 6. The Morgan fingerprint density at radius 2 is 2.00 bits per heavy atom. The molecule has 4 nitrogen and oxygen atoms in total. The van der Waals surface area contributed by atoms with E-state index in [4.69, 9.17) is 4.74 Å². The lowest BCUT2D eigenvalue weighted by Crippen LogP contribution is -2.30. The predicted octanol–water partition coefficient (Wildman–Crippen LogP) is 2.06. The molecule has 0 aliphatic heterocycles. The summed E-state index contributed by atoms with van der Waals surface area (Å²) in [5, 5.41) is 2.37. The summed E-state index contributed by atoms with van der Waals surface area (Å²) >= 11 is 0. The minimum Gasteiger partial charge on any atom is -0.410 e. The molecule has 1 N–H and O–H groups in total. The number of ether oxygens (including phenoxy) is 2. The second-order valence-corrected chi connectivity index (χ2v) is 3.10. The highest BCUT2D eigenvalue weighted by molar-refractivity contribution is 5.70. The van der Waals surface area contributed by atoms with E-state index in [-0.39, 0.29) is 13.2 Å². The molecule has 0 aliphatic rings. The molecular weight excluding hydrogens is 232 g/mol. The van der Waals surface area contributed by atoms with Crippen LogP contribution in [-0.2, 0) is 4.74 Å². The first-order valence-electron chi connectivity index (χ1n) is 5.05. The quantitative estimate of drug-likeness (QED) is 0.780. The van der Waals surface area contributed by atoms with Gasteiger partial charge in [0.15, 0.2) is 0 Å². The van der Waals surface area contributed by atoms with Gasteiger partial charge in [-0.3, -0.25) is 0 Å². The number of para-hydroxylation sites is 1. The number of alkyl halides is 2. The molecule has 1 amide bonds. The van der Waals surface area contributed by atoms with Gasteiger partial charge in [0.2, 0.25) is 0 Å². The lowest BCUT2D eigenvalue weighted by atomic mass is 10.3. The fourth-order valence-corrected chi connectivity index (χ4v) is 1.03. The van der Waals surface area contributed by atoms with E-state index in [9.17, 15) is 13.6 Å². The van der Waals surface area contributed by atoms with Crippen molar-refractivity contribution in [1.82, 2.24) is 5.32 Å². The maximum absolute atomic E-state index is 11.7. The molecule has 0 spiro atoms. The number of benzene rings is 1. The van der Waals surface area contributed by atoms with Crippen LogP contribution in [0.4, 0.5) is 13.6 Å². The number of halogens is 2. The second kappa shape index (κ2) is 7.56. The Balaban J connectivity index is 2.10. The lowest BCUT2D eigenvalue weighted by Gasteiger charge is -2.06. The first-order chi connectivity index (χ1) is 8.18. The summed E-state index contributed by atoms with van der Waals surface area (Å²) < 4.78 is 32.8. The van der Waals surface area contributed by atoms with Gasteiger partial charge in [0.25, 0.3) is 6.43 Å². The molecule has 0 bridgehead atoms. The number of carbonyl (C=O) groups excluding carboxylic acids is 1. The third kappa shape index (κ3) is 6.47. The van der Waals surface area contributed by atoms with E-state index in [0.717, 1.165) is 0 Å². The van der Waals surface area contributed by atoms with Crippen LogP contribution in [-0.4, -0.2) is 32.3 Å².